The van der Waals surface area contributed by atoms with Crippen LogP contribution in [0.4, 0.5) is 17.8 Å². The molecule has 0 radical (unpaired) electrons. The van der Waals surface area contributed by atoms with Gasteiger partial charge < -0.3 is 92.0 Å². The van der Waals surface area contributed by atoms with Crippen molar-refractivity contribution in [2.24, 2.45) is 0 Å². The van der Waals surface area contributed by atoms with Crippen molar-refractivity contribution in [3.8, 4) is 0 Å². The number of aromatic amines is 3. The summed E-state index contributed by atoms with van der Waals surface area (Å²) in [5, 5.41) is 97.0. The molecule has 3 aromatic carbocycles. The molecule has 7 unspecified atom stereocenters. The number of hydroxylamine groups is 1. The first-order valence-electron chi connectivity index (χ1n) is 35.5. The molecule has 116 heavy (non-hydrogen) atoms. The van der Waals surface area contributed by atoms with Crippen molar-refractivity contribution in [3.63, 3.8) is 0 Å². The monoisotopic (exact) mass is 1710 g/mol. The minimum absolute atomic E-state index is 0.218. The second-order valence-corrected chi connectivity index (χ2v) is 32.5. The van der Waals surface area contributed by atoms with Crippen LogP contribution in [0.1, 0.15) is 61.1 Å². The molecule has 0 amide bonds. The van der Waals surface area contributed by atoms with Gasteiger partial charge in [-0.05, 0) is 29.5 Å². The fourth-order valence-corrected chi connectivity index (χ4v) is 17.3. The topological polar surface area (TPSA) is 701 Å². The molecule has 0 spiro atoms. The van der Waals surface area contributed by atoms with E-state index in [1.807, 2.05) is 91.0 Å². The Morgan fingerprint density at radius 3 is 1.16 bits per heavy atom. The normalized spacial score (nSPS) is 24.8. The summed E-state index contributed by atoms with van der Waals surface area (Å²) in [4.78, 5) is 98.2. The number of anilines is 3. The number of fused-ring (bicyclic) bond motifs is 3. The number of nitrogen functional groups attached to an aromatic ring is 3. The van der Waals surface area contributed by atoms with Crippen LogP contribution in [0.15, 0.2) is 124 Å². The number of hydrogen-bond acceptors (Lipinski definition) is 40. The SMILES string of the molecule is Nc1nc2c(ncn2[C@@H]2O[C@H](COP(=O)(OCC(O)CO)O[C@H]3[C@@H](O)[C@H](n4cnc5c(=O)[nH]c(N)nc54)O[C@@H]3COP(=O)(OCC(O)CO)O[C@H]3[C@@H](O)[C@H](n4cnc5c(=O)[nH]c(N)nc54)O[C@@H]3COP(=O)(O)OCCCCCCONC(c3ccccc3)(c3ccccc3)c3ccccc3)[C@@H](OP(=O)(O)OCC(O)CO)[C@H]2O)c(=O)[nH]1. The van der Waals surface area contributed by atoms with E-state index in [2.05, 4.69) is 50.3 Å². The first-order valence-corrected chi connectivity index (χ1v) is 41.4. The van der Waals surface area contributed by atoms with E-state index in [9.17, 15) is 79.3 Å². The maximum Gasteiger partial charge on any atom is 0.475 e. The van der Waals surface area contributed by atoms with Crippen LogP contribution in [-0.4, -0.2) is 260 Å². The van der Waals surface area contributed by atoms with Crippen molar-refractivity contribution >= 4 is 82.6 Å². The van der Waals surface area contributed by atoms with Crippen LogP contribution >= 0.6 is 31.3 Å². The van der Waals surface area contributed by atoms with Gasteiger partial charge in [0.25, 0.3) is 16.7 Å². The number of H-pyrrole nitrogens is 3. The van der Waals surface area contributed by atoms with E-state index < -0.39 is 234 Å². The lowest BCUT2D eigenvalue weighted by molar-refractivity contribution is -0.0685. The summed E-state index contributed by atoms with van der Waals surface area (Å²) in [6, 6.07) is 29.3. The van der Waals surface area contributed by atoms with Crippen molar-refractivity contribution in [2.75, 3.05) is 89.9 Å². The highest BCUT2D eigenvalue weighted by molar-refractivity contribution is 7.49. The largest absolute Gasteiger partial charge is 0.475 e. The first kappa shape index (κ1) is 87.3. The van der Waals surface area contributed by atoms with E-state index in [1.54, 1.807) is 0 Å². The molecule has 3 aliphatic heterocycles. The van der Waals surface area contributed by atoms with Gasteiger partial charge in [0.1, 0.15) is 78.8 Å². The van der Waals surface area contributed by atoms with E-state index >= 15 is 9.13 Å². The van der Waals surface area contributed by atoms with Crippen molar-refractivity contribution in [1.29, 1.82) is 0 Å². The van der Waals surface area contributed by atoms with Gasteiger partial charge in [-0.1, -0.05) is 104 Å². The molecule has 3 saturated heterocycles. The molecule has 12 rings (SSSR count). The summed E-state index contributed by atoms with van der Waals surface area (Å²) in [6.45, 7) is -10.3. The van der Waals surface area contributed by atoms with Crippen molar-refractivity contribution < 1.29 is 138 Å². The van der Waals surface area contributed by atoms with E-state index in [4.69, 9.17) is 81.5 Å². The highest BCUT2D eigenvalue weighted by Gasteiger charge is 2.56. The molecule has 21 N–H and O–H groups in total. The third-order valence-corrected chi connectivity index (χ3v) is 23.0. The van der Waals surface area contributed by atoms with Gasteiger partial charge in [-0.25, -0.2) is 33.2 Å². The van der Waals surface area contributed by atoms with Gasteiger partial charge in [0.15, 0.2) is 52.2 Å². The van der Waals surface area contributed by atoms with Crippen LogP contribution in [0.5, 0.6) is 0 Å². The predicted octanol–water partition coefficient (Wildman–Crippen LogP) is -1.27. The summed E-state index contributed by atoms with van der Waals surface area (Å²) >= 11 is 0. The van der Waals surface area contributed by atoms with Crippen LogP contribution in [-0.2, 0) is 88.1 Å². The van der Waals surface area contributed by atoms with Crippen molar-refractivity contribution in [3.05, 3.63) is 158 Å². The number of ether oxygens (including phenoxy) is 3. The Morgan fingerprint density at radius 1 is 0.457 bits per heavy atom. The zero-order chi connectivity index (χ0) is 82.9. The molecule has 3 fully saturated rings. The quantitative estimate of drug-likeness (QED) is 0.00917. The van der Waals surface area contributed by atoms with Crippen LogP contribution in [0.2, 0.25) is 0 Å². The molecule has 3 aliphatic rings. The van der Waals surface area contributed by atoms with Gasteiger partial charge in [0.2, 0.25) is 17.8 Å². The molecular weight excluding hydrogens is 1630 g/mol. The Bertz CT molecular complexity index is 5080. The lowest BCUT2D eigenvalue weighted by atomic mass is 9.78. The Hall–Kier alpha value is -8.01. The smallest absolute Gasteiger partial charge is 0.394 e. The molecule has 48 nitrogen and oxygen atoms in total. The average molecular weight is 1710 g/mol. The number of aliphatic hydroxyl groups excluding tert-OH is 9. The van der Waals surface area contributed by atoms with Crippen LogP contribution in [0.3, 0.4) is 0 Å². The van der Waals surface area contributed by atoms with Gasteiger partial charge >= 0.3 is 31.3 Å². The van der Waals surface area contributed by atoms with Gasteiger partial charge in [0, 0.05) is 0 Å². The summed E-state index contributed by atoms with van der Waals surface area (Å²) in [5.74, 6) is -1.39. The standard InChI is InChI=1S/C64H84N16O32P4/c65-61-71-52-43(55(90)74-61)68-31-78(52)58-46(87)49(110-114(95,96)101-25-37(84)22-81)41(108-58)29-105-115(97,103-26-38(85)23-82)112-51-42(109-60(48(51)89)80-33-70-45-54(80)73-63(67)76-57(45)92)30-106-116(98,104-27-39(86)24-83)111-50-40(107-59(47(50)88)79-32-69-44-53(79)72-62(66)75-56(44)91)28-102-113(93,94)100-21-13-2-1-12-20-99-77-64(34-14-6-3-7-15-34,35-16-8-4-9-17-35)36-18-10-5-11-19-36/h3-11,14-19,31-33,37-42,46-51,58-60,77,81-89H,1-2,12-13,20-30H2,(H,93,94)(H,95,96)(H3,65,71,74,90)(H3,66,72,75,91)(H3,67,73,76,92)/t37?,38?,39?,40-,41-,42-,46-,47-,48-,49-,50-,51-,58-,59-,60-,115?,116?/m1/s1. The van der Waals surface area contributed by atoms with E-state index in [0.29, 0.717) is 19.3 Å². The number of nitrogens with zero attached hydrogens (tertiary/aromatic N) is 9. The Balaban J connectivity index is 0.788. The molecule has 6 aromatic heterocycles. The fraction of sp³-hybridized carbons (Fsp3) is 0.484. The molecule has 0 bridgehead atoms. The van der Waals surface area contributed by atoms with E-state index in [1.165, 1.54) is 0 Å². The molecule has 9 aromatic rings. The van der Waals surface area contributed by atoms with Gasteiger partial charge in [-0.15, -0.1) is 0 Å². The lowest BCUT2D eigenvalue weighted by Gasteiger charge is -2.36. The number of phosphoric ester groups is 4. The molecule has 9 heterocycles. The zero-order valence-corrected chi connectivity index (χ0v) is 64.3. The number of aliphatic hydroxyl groups is 9. The number of imidazole rings is 3. The molecule has 0 saturated carbocycles. The summed E-state index contributed by atoms with van der Waals surface area (Å²) in [5.41, 5.74) is 18.0. The molecule has 52 heteroatoms. The maximum atomic E-state index is 15.6. The number of hydrogen-bond donors (Lipinski definition) is 18. The molecule has 632 valence electrons. The minimum Gasteiger partial charge on any atom is -0.394 e. The number of aromatic nitrogens is 12. The number of benzene rings is 3. The lowest BCUT2D eigenvalue weighted by Crippen LogP contribution is -2.44. The number of phosphoric acid groups is 4. The van der Waals surface area contributed by atoms with Gasteiger partial charge in [-0.3, -0.25) is 88.3 Å². The summed E-state index contributed by atoms with van der Waals surface area (Å²) < 4.78 is 135. The second kappa shape index (κ2) is 37.9. The Morgan fingerprint density at radius 2 is 0.793 bits per heavy atom. The average Bonchev–Trinajstić information content (AvgIpc) is 1.75. The van der Waals surface area contributed by atoms with Crippen molar-refractivity contribution in [1.82, 2.24) is 64.0 Å². The van der Waals surface area contributed by atoms with E-state index in [0.717, 1.165) is 49.4 Å². The maximum absolute atomic E-state index is 15.6. The third kappa shape index (κ3) is 20.3. The zero-order valence-electron chi connectivity index (χ0n) is 60.7. The minimum atomic E-state index is -5.72. The van der Waals surface area contributed by atoms with Gasteiger partial charge in [-0.2, -0.15) is 20.4 Å². The van der Waals surface area contributed by atoms with Crippen LogP contribution in [0, 0.1) is 0 Å². The molecule has 0 aliphatic carbocycles. The summed E-state index contributed by atoms with van der Waals surface area (Å²) in [7, 11) is -22.0. The number of nitrogens with one attached hydrogen (secondary N) is 4. The fourth-order valence-electron chi connectivity index (χ4n) is 12.6. The van der Waals surface area contributed by atoms with Crippen molar-refractivity contribution in [2.45, 2.75) is 123 Å². The molecular formula is C64H84N16O32P4. The Kier molecular flexibility index (Phi) is 28.6. The van der Waals surface area contributed by atoms with Gasteiger partial charge in [0.05, 0.1) is 91.7 Å². The predicted molar refractivity (Wildman–Crippen MR) is 395 cm³/mol. The first-order chi connectivity index (χ1) is 55.5. The number of rotatable bonds is 43. The number of unbranched alkanes of at least 4 members (excludes halogenated alkanes) is 3. The second-order valence-electron chi connectivity index (χ2n) is 26.4. The van der Waals surface area contributed by atoms with Crippen LogP contribution in [0.25, 0.3) is 33.5 Å². The van der Waals surface area contributed by atoms with Crippen LogP contribution < -0.4 is 39.4 Å². The molecule has 19 atom stereocenters. The highest BCUT2D eigenvalue weighted by Crippen LogP contribution is 2.58. The Labute approximate surface area is 653 Å². The third-order valence-electron chi connectivity index (χ3n) is 18.2. The summed E-state index contributed by atoms with van der Waals surface area (Å²) in [6.07, 6.45) is -25.9. The number of nitrogens with two attached hydrogens (primary N) is 3. The van der Waals surface area contributed by atoms with E-state index in [-0.39, 0.29) is 42.0 Å². The highest BCUT2D eigenvalue weighted by atomic mass is 31.2.